The SMILES string of the molecule is NSc1ccc(-c2nn(C3CCCC3)c3c(Br)c[nH]c(=O)c23)cc1. The highest BCUT2D eigenvalue weighted by atomic mass is 79.9. The molecule has 3 aromatic rings. The topological polar surface area (TPSA) is 76.7 Å². The first-order valence-electron chi connectivity index (χ1n) is 7.95. The van der Waals surface area contributed by atoms with E-state index in [0.717, 1.165) is 39.0 Å². The zero-order chi connectivity index (χ0) is 16.7. The zero-order valence-electron chi connectivity index (χ0n) is 13.0. The van der Waals surface area contributed by atoms with Gasteiger partial charge in [-0.25, -0.2) is 0 Å². The Bertz CT molecular complexity index is 942. The first-order valence-corrected chi connectivity index (χ1v) is 9.63. The average Bonchev–Trinajstić information content (AvgIpc) is 3.26. The van der Waals surface area contributed by atoms with Crippen molar-refractivity contribution in [2.75, 3.05) is 0 Å². The van der Waals surface area contributed by atoms with Gasteiger partial charge in [-0.1, -0.05) is 25.0 Å². The number of nitrogens with two attached hydrogens (primary N) is 1. The molecule has 1 aliphatic rings. The summed E-state index contributed by atoms with van der Waals surface area (Å²) >= 11 is 4.79. The molecule has 0 unspecified atom stereocenters. The van der Waals surface area contributed by atoms with Crippen LogP contribution in [-0.2, 0) is 0 Å². The van der Waals surface area contributed by atoms with Crippen molar-refractivity contribution >= 4 is 38.8 Å². The fourth-order valence-corrected chi connectivity index (χ4v) is 4.24. The summed E-state index contributed by atoms with van der Waals surface area (Å²) in [5.74, 6) is 0. The van der Waals surface area contributed by atoms with Crippen LogP contribution in [0.3, 0.4) is 0 Å². The van der Waals surface area contributed by atoms with Crippen LogP contribution >= 0.6 is 27.9 Å². The van der Waals surface area contributed by atoms with E-state index >= 15 is 0 Å². The minimum absolute atomic E-state index is 0.107. The molecule has 0 aliphatic heterocycles. The van der Waals surface area contributed by atoms with Crippen LogP contribution in [0.2, 0.25) is 0 Å². The summed E-state index contributed by atoms with van der Waals surface area (Å²) < 4.78 is 2.92. The van der Waals surface area contributed by atoms with Crippen molar-refractivity contribution < 1.29 is 0 Å². The molecule has 1 aromatic carbocycles. The fourth-order valence-electron chi connectivity index (χ4n) is 3.45. The minimum Gasteiger partial charge on any atom is -0.327 e. The predicted molar refractivity (Wildman–Crippen MR) is 101 cm³/mol. The van der Waals surface area contributed by atoms with E-state index in [2.05, 4.69) is 20.9 Å². The van der Waals surface area contributed by atoms with Crippen LogP contribution in [0.4, 0.5) is 0 Å². The molecule has 3 N–H and O–H groups in total. The number of nitrogens with one attached hydrogen (secondary N) is 1. The van der Waals surface area contributed by atoms with Gasteiger partial charge in [0.15, 0.2) is 0 Å². The molecule has 0 radical (unpaired) electrons. The van der Waals surface area contributed by atoms with Crippen molar-refractivity contribution in [1.82, 2.24) is 14.8 Å². The van der Waals surface area contributed by atoms with E-state index < -0.39 is 0 Å². The van der Waals surface area contributed by atoms with Crippen LogP contribution < -0.4 is 10.7 Å². The molecule has 1 aliphatic carbocycles. The van der Waals surface area contributed by atoms with E-state index in [-0.39, 0.29) is 5.56 Å². The number of aromatic amines is 1. The molecular formula is C17H17BrN4OS. The van der Waals surface area contributed by atoms with Gasteiger partial charge < -0.3 is 4.98 Å². The second-order valence-corrected chi connectivity index (χ2v) is 7.62. The Kier molecular flexibility index (Phi) is 4.24. The second kappa shape index (κ2) is 6.38. The number of rotatable bonds is 3. The summed E-state index contributed by atoms with van der Waals surface area (Å²) in [6.07, 6.45) is 6.35. The number of nitrogens with zero attached hydrogens (tertiary/aromatic N) is 2. The van der Waals surface area contributed by atoms with E-state index in [1.165, 1.54) is 24.8 Å². The van der Waals surface area contributed by atoms with Gasteiger partial charge in [0.2, 0.25) is 0 Å². The van der Waals surface area contributed by atoms with Crippen LogP contribution in [0, 0.1) is 0 Å². The lowest BCUT2D eigenvalue weighted by Crippen LogP contribution is -2.09. The molecule has 0 bridgehead atoms. The minimum atomic E-state index is -0.107. The first kappa shape index (κ1) is 15.9. The molecule has 7 heteroatoms. The lowest BCUT2D eigenvalue weighted by atomic mass is 10.1. The summed E-state index contributed by atoms with van der Waals surface area (Å²) in [6.45, 7) is 0. The van der Waals surface area contributed by atoms with Crippen molar-refractivity contribution in [2.24, 2.45) is 5.14 Å². The lowest BCUT2D eigenvalue weighted by molar-refractivity contribution is 0.482. The normalized spacial score (nSPS) is 15.4. The van der Waals surface area contributed by atoms with Gasteiger partial charge in [-0.3, -0.25) is 14.6 Å². The summed E-state index contributed by atoms with van der Waals surface area (Å²) in [6, 6.07) is 8.20. The third kappa shape index (κ3) is 2.60. The third-order valence-electron chi connectivity index (χ3n) is 4.63. The quantitative estimate of drug-likeness (QED) is 0.640. The number of hydrogen-bond acceptors (Lipinski definition) is 4. The molecule has 1 fully saturated rings. The van der Waals surface area contributed by atoms with Crippen molar-refractivity contribution in [1.29, 1.82) is 0 Å². The number of pyridine rings is 1. The molecule has 2 aromatic heterocycles. The third-order valence-corrected chi connectivity index (χ3v) is 5.78. The van der Waals surface area contributed by atoms with E-state index in [1.54, 1.807) is 6.20 Å². The molecule has 0 spiro atoms. The number of halogens is 1. The van der Waals surface area contributed by atoms with Crippen molar-refractivity contribution in [3.63, 3.8) is 0 Å². The molecule has 4 rings (SSSR count). The van der Waals surface area contributed by atoms with Gasteiger partial charge in [0, 0.05) is 16.7 Å². The maximum Gasteiger partial charge on any atom is 0.259 e. The highest BCUT2D eigenvalue weighted by Gasteiger charge is 2.25. The smallest absolute Gasteiger partial charge is 0.259 e. The average molecular weight is 405 g/mol. The van der Waals surface area contributed by atoms with Crippen molar-refractivity contribution in [2.45, 2.75) is 36.6 Å². The Morgan fingerprint density at radius 2 is 1.96 bits per heavy atom. The Morgan fingerprint density at radius 1 is 1.25 bits per heavy atom. The summed E-state index contributed by atoms with van der Waals surface area (Å²) in [7, 11) is 0. The van der Waals surface area contributed by atoms with E-state index in [1.807, 2.05) is 28.9 Å². The summed E-state index contributed by atoms with van der Waals surface area (Å²) in [5.41, 5.74) is 2.44. The Labute approximate surface area is 151 Å². The van der Waals surface area contributed by atoms with Gasteiger partial charge in [0.05, 0.1) is 21.4 Å². The largest absolute Gasteiger partial charge is 0.327 e. The van der Waals surface area contributed by atoms with E-state index in [4.69, 9.17) is 10.2 Å². The molecule has 124 valence electrons. The van der Waals surface area contributed by atoms with Crippen molar-refractivity contribution in [3.8, 4) is 11.3 Å². The Morgan fingerprint density at radius 3 is 2.62 bits per heavy atom. The van der Waals surface area contributed by atoms with Gasteiger partial charge in [-0.2, -0.15) is 5.10 Å². The lowest BCUT2D eigenvalue weighted by Gasteiger charge is -2.11. The molecule has 2 heterocycles. The predicted octanol–water partition coefficient (Wildman–Crippen LogP) is 4.24. The molecule has 0 saturated heterocycles. The maximum atomic E-state index is 12.5. The summed E-state index contributed by atoms with van der Waals surface area (Å²) in [5, 5.41) is 11.1. The van der Waals surface area contributed by atoms with Crippen LogP contribution in [0.1, 0.15) is 31.7 Å². The molecule has 5 nitrogen and oxygen atoms in total. The van der Waals surface area contributed by atoms with Gasteiger partial charge in [-0.05, 0) is 52.9 Å². The van der Waals surface area contributed by atoms with E-state index in [9.17, 15) is 4.79 Å². The Hall–Kier alpha value is -1.57. The second-order valence-electron chi connectivity index (χ2n) is 6.06. The van der Waals surface area contributed by atoms with Gasteiger partial charge >= 0.3 is 0 Å². The number of hydrogen-bond donors (Lipinski definition) is 2. The highest BCUT2D eigenvalue weighted by molar-refractivity contribution is 9.10. The first-order chi connectivity index (χ1) is 11.7. The van der Waals surface area contributed by atoms with Gasteiger partial charge in [-0.15, -0.1) is 0 Å². The Balaban J connectivity index is 1.97. The highest BCUT2D eigenvalue weighted by Crippen LogP contribution is 2.37. The zero-order valence-corrected chi connectivity index (χ0v) is 15.4. The molecule has 1 saturated carbocycles. The monoisotopic (exact) mass is 404 g/mol. The molecule has 24 heavy (non-hydrogen) atoms. The number of H-pyrrole nitrogens is 1. The van der Waals surface area contributed by atoms with E-state index in [0.29, 0.717) is 11.4 Å². The van der Waals surface area contributed by atoms with Gasteiger partial charge in [0.25, 0.3) is 5.56 Å². The number of benzene rings is 1. The van der Waals surface area contributed by atoms with Crippen LogP contribution in [0.15, 0.2) is 44.6 Å². The van der Waals surface area contributed by atoms with Gasteiger partial charge in [0.1, 0.15) is 5.69 Å². The summed E-state index contributed by atoms with van der Waals surface area (Å²) in [4.78, 5) is 16.3. The fraction of sp³-hybridized carbons (Fsp3) is 0.294. The van der Waals surface area contributed by atoms with Crippen LogP contribution in [0.25, 0.3) is 22.2 Å². The van der Waals surface area contributed by atoms with Crippen LogP contribution in [-0.4, -0.2) is 14.8 Å². The molecular weight excluding hydrogens is 388 g/mol. The maximum absolute atomic E-state index is 12.5. The number of aromatic nitrogens is 3. The van der Waals surface area contributed by atoms with Crippen molar-refractivity contribution in [3.05, 3.63) is 45.3 Å². The molecule has 0 amide bonds. The number of fused-ring (bicyclic) bond motifs is 1. The standard InChI is InChI=1S/C17H17BrN4OS/c18-13-9-20-17(23)14-15(10-5-7-12(24-19)8-6-10)21-22(16(13)14)11-3-1-2-4-11/h5-9,11H,1-4,19H2,(H,20,23). The van der Waals surface area contributed by atoms with Crippen LogP contribution in [0.5, 0.6) is 0 Å². The molecule has 0 atom stereocenters.